The van der Waals surface area contributed by atoms with Gasteiger partial charge in [0.1, 0.15) is 6.61 Å². The topological polar surface area (TPSA) is 49.0 Å². The zero-order valence-corrected chi connectivity index (χ0v) is 20.8. The van der Waals surface area contributed by atoms with Crippen molar-refractivity contribution in [1.82, 2.24) is 5.32 Å². The van der Waals surface area contributed by atoms with E-state index in [-0.39, 0.29) is 0 Å². The summed E-state index contributed by atoms with van der Waals surface area (Å²) in [4.78, 5) is 0. The smallest absolute Gasteiger partial charge is 0.167 e. The number of ether oxygens (including phenoxy) is 4. The molecule has 3 aromatic carbocycles. The molecule has 0 unspecified atom stereocenters. The largest absolute Gasteiger partial charge is 0.493 e. The van der Waals surface area contributed by atoms with Crippen molar-refractivity contribution in [2.75, 3.05) is 27.9 Å². The van der Waals surface area contributed by atoms with Crippen LogP contribution in [0.5, 0.6) is 23.0 Å². The minimum atomic E-state index is 0.395. The molecule has 3 rings (SSSR count). The summed E-state index contributed by atoms with van der Waals surface area (Å²) in [6.07, 6.45) is 0.848. The molecule has 170 valence electrons. The predicted octanol–water partition coefficient (Wildman–Crippen LogP) is 6.04. The lowest BCUT2D eigenvalue weighted by Gasteiger charge is -2.17. The fraction of sp³-hybridized carbons (Fsp3) is 0.280. The van der Waals surface area contributed by atoms with Gasteiger partial charge < -0.3 is 24.3 Å². The van der Waals surface area contributed by atoms with Crippen molar-refractivity contribution in [3.05, 3.63) is 80.8 Å². The van der Waals surface area contributed by atoms with Crippen molar-refractivity contribution < 1.29 is 18.9 Å². The van der Waals surface area contributed by atoms with Crippen LogP contribution in [-0.2, 0) is 19.6 Å². The molecule has 0 bridgehead atoms. The lowest BCUT2D eigenvalue weighted by molar-refractivity contribution is 0.280. The molecule has 0 heterocycles. The second kappa shape index (κ2) is 12.0. The van der Waals surface area contributed by atoms with Gasteiger partial charge in [-0.05, 0) is 60.5 Å². The van der Waals surface area contributed by atoms with Gasteiger partial charge in [0.25, 0.3) is 0 Å². The summed E-state index contributed by atoms with van der Waals surface area (Å²) < 4.78 is 23.4. The van der Waals surface area contributed by atoms with E-state index < -0.39 is 0 Å². The van der Waals surface area contributed by atoms with Gasteiger partial charge in [0.15, 0.2) is 23.0 Å². The number of rotatable bonds is 11. The summed E-state index contributed by atoms with van der Waals surface area (Å²) in [6.45, 7) is 1.80. The summed E-state index contributed by atoms with van der Waals surface area (Å²) in [5.41, 5.74) is 3.16. The maximum atomic E-state index is 6.17. The molecule has 32 heavy (non-hydrogen) atoms. The molecule has 0 fully saturated rings. The molecular weight excluding hydrogens is 494 g/mol. The van der Waals surface area contributed by atoms with Crippen LogP contribution in [0.2, 0.25) is 5.02 Å². The second-order valence-corrected chi connectivity index (χ2v) is 8.38. The van der Waals surface area contributed by atoms with E-state index in [1.54, 1.807) is 21.3 Å². The molecule has 0 radical (unpaired) electrons. The highest BCUT2D eigenvalue weighted by Crippen LogP contribution is 2.37. The second-order valence-electron chi connectivity index (χ2n) is 7.09. The Labute approximate surface area is 202 Å². The Balaban J connectivity index is 1.66. The van der Waals surface area contributed by atoms with Gasteiger partial charge in [-0.25, -0.2) is 0 Å². The fourth-order valence-electron chi connectivity index (χ4n) is 3.33. The van der Waals surface area contributed by atoms with E-state index in [0.717, 1.165) is 45.6 Å². The molecular formula is C25H27BrClNO4. The van der Waals surface area contributed by atoms with Crippen molar-refractivity contribution >= 4 is 27.5 Å². The normalized spacial score (nSPS) is 10.7. The van der Waals surface area contributed by atoms with Crippen molar-refractivity contribution in [1.29, 1.82) is 0 Å². The number of nitrogens with one attached hydrogen (secondary N) is 1. The van der Waals surface area contributed by atoms with Gasteiger partial charge in [-0.1, -0.05) is 45.7 Å². The average Bonchev–Trinajstić information content (AvgIpc) is 2.81. The van der Waals surface area contributed by atoms with Gasteiger partial charge in [0.2, 0.25) is 0 Å². The molecule has 0 aliphatic rings. The Bertz CT molecular complexity index is 1040. The van der Waals surface area contributed by atoms with Crippen LogP contribution in [-0.4, -0.2) is 27.9 Å². The lowest BCUT2D eigenvalue weighted by atomic mass is 10.1. The Kier molecular flexibility index (Phi) is 9.09. The SMILES string of the molecule is COc1ccc(CCNCc2c(Br)ccc(OC)c2OCc2cccc(Cl)c2)cc1OC. The van der Waals surface area contributed by atoms with E-state index in [4.69, 9.17) is 30.5 Å². The van der Waals surface area contributed by atoms with Crippen LogP contribution in [0.15, 0.2) is 59.1 Å². The number of hydrogen-bond acceptors (Lipinski definition) is 5. The quantitative estimate of drug-likeness (QED) is 0.312. The Hall–Kier alpha value is -2.41. The summed E-state index contributed by atoms with van der Waals surface area (Å²) in [5.74, 6) is 2.86. The van der Waals surface area contributed by atoms with E-state index in [0.29, 0.717) is 29.7 Å². The first-order valence-corrected chi connectivity index (χ1v) is 11.4. The minimum Gasteiger partial charge on any atom is -0.493 e. The lowest BCUT2D eigenvalue weighted by Crippen LogP contribution is -2.18. The fourth-order valence-corrected chi connectivity index (χ4v) is 4.00. The number of hydrogen-bond donors (Lipinski definition) is 1. The third-order valence-corrected chi connectivity index (χ3v) is 5.98. The third kappa shape index (κ3) is 6.31. The molecule has 0 atom stereocenters. The van der Waals surface area contributed by atoms with Crippen LogP contribution in [0.3, 0.4) is 0 Å². The molecule has 7 heteroatoms. The molecule has 0 spiro atoms. The Morgan fingerprint density at radius 3 is 2.31 bits per heavy atom. The maximum absolute atomic E-state index is 6.17. The number of benzene rings is 3. The van der Waals surface area contributed by atoms with E-state index in [1.807, 2.05) is 54.6 Å². The van der Waals surface area contributed by atoms with Crippen LogP contribution in [0.25, 0.3) is 0 Å². The molecule has 1 N–H and O–H groups in total. The molecule has 5 nitrogen and oxygen atoms in total. The zero-order valence-electron chi connectivity index (χ0n) is 18.4. The van der Waals surface area contributed by atoms with Gasteiger partial charge in [0.05, 0.1) is 21.3 Å². The molecule has 0 aromatic heterocycles. The Morgan fingerprint density at radius 1 is 0.844 bits per heavy atom. The number of methoxy groups -OCH3 is 3. The van der Waals surface area contributed by atoms with E-state index in [9.17, 15) is 0 Å². The van der Waals surface area contributed by atoms with Gasteiger partial charge >= 0.3 is 0 Å². The van der Waals surface area contributed by atoms with E-state index in [1.165, 1.54) is 0 Å². The molecule has 0 saturated heterocycles. The van der Waals surface area contributed by atoms with E-state index in [2.05, 4.69) is 21.2 Å². The standard InChI is InChI=1S/C25H27BrClNO4/c1-29-22-9-7-17(14-24(22)31-3)11-12-28-15-20-21(26)8-10-23(30-2)25(20)32-16-18-5-4-6-19(27)13-18/h4-10,13-14,28H,11-12,15-16H2,1-3H3. The van der Waals surface area contributed by atoms with Crippen LogP contribution in [0.1, 0.15) is 16.7 Å². The van der Waals surface area contributed by atoms with Crippen molar-refractivity contribution in [3.8, 4) is 23.0 Å². The molecule has 0 aliphatic carbocycles. The summed E-state index contributed by atoms with van der Waals surface area (Å²) in [7, 11) is 4.92. The van der Waals surface area contributed by atoms with Gasteiger partial charge in [-0.15, -0.1) is 0 Å². The summed E-state index contributed by atoms with van der Waals surface area (Å²) in [5, 5.41) is 4.18. The van der Waals surface area contributed by atoms with Gasteiger partial charge in [0, 0.05) is 21.6 Å². The Morgan fingerprint density at radius 2 is 1.59 bits per heavy atom. The highest BCUT2D eigenvalue weighted by atomic mass is 79.9. The van der Waals surface area contributed by atoms with Crippen LogP contribution < -0.4 is 24.3 Å². The maximum Gasteiger partial charge on any atom is 0.167 e. The van der Waals surface area contributed by atoms with Crippen molar-refractivity contribution in [2.45, 2.75) is 19.6 Å². The first-order valence-electron chi connectivity index (χ1n) is 10.2. The number of halogens is 2. The highest BCUT2D eigenvalue weighted by molar-refractivity contribution is 9.10. The third-order valence-electron chi connectivity index (χ3n) is 5.00. The molecule has 0 saturated carbocycles. The first kappa shape index (κ1) is 24.2. The van der Waals surface area contributed by atoms with Crippen molar-refractivity contribution in [3.63, 3.8) is 0 Å². The zero-order chi connectivity index (χ0) is 22.9. The van der Waals surface area contributed by atoms with Crippen molar-refractivity contribution in [2.24, 2.45) is 0 Å². The molecule has 0 aliphatic heterocycles. The predicted molar refractivity (Wildman–Crippen MR) is 131 cm³/mol. The van der Waals surface area contributed by atoms with Crippen LogP contribution in [0, 0.1) is 0 Å². The first-order chi connectivity index (χ1) is 15.5. The summed E-state index contributed by atoms with van der Waals surface area (Å²) >= 11 is 9.75. The average molecular weight is 521 g/mol. The molecule has 0 amide bonds. The minimum absolute atomic E-state index is 0.395. The highest BCUT2D eigenvalue weighted by Gasteiger charge is 2.15. The van der Waals surface area contributed by atoms with Crippen LogP contribution >= 0.6 is 27.5 Å². The van der Waals surface area contributed by atoms with Gasteiger partial charge in [-0.3, -0.25) is 0 Å². The van der Waals surface area contributed by atoms with Crippen LogP contribution in [0.4, 0.5) is 0 Å². The monoisotopic (exact) mass is 519 g/mol. The molecule has 3 aromatic rings. The van der Waals surface area contributed by atoms with Gasteiger partial charge in [-0.2, -0.15) is 0 Å². The van der Waals surface area contributed by atoms with E-state index >= 15 is 0 Å². The summed E-state index contributed by atoms with van der Waals surface area (Å²) in [6, 6.07) is 17.5.